The third kappa shape index (κ3) is 3.50. The first kappa shape index (κ1) is 21.0. The largest absolute Gasteiger partial charge is 0.451 e. The van der Waals surface area contributed by atoms with Crippen molar-refractivity contribution in [3.8, 4) is 0 Å². The molecule has 1 aliphatic heterocycles. The molecule has 0 N–H and O–H groups in total. The Bertz CT molecular complexity index is 1340. The molecule has 0 radical (unpaired) electrons. The summed E-state index contributed by atoms with van der Waals surface area (Å²) in [5.41, 5.74) is 4.17. The highest BCUT2D eigenvalue weighted by Gasteiger charge is 2.39. The van der Waals surface area contributed by atoms with Crippen LogP contribution in [0.2, 0.25) is 0 Å². The van der Waals surface area contributed by atoms with E-state index in [2.05, 4.69) is 0 Å². The number of benzene rings is 3. The highest BCUT2D eigenvalue weighted by molar-refractivity contribution is 6.09. The summed E-state index contributed by atoms with van der Waals surface area (Å²) in [5.74, 6) is 0.181. The molecule has 0 spiro atoms. The Morgan fingerprint density at radius 1 is 0.939 bits per heavy atom. The number of hydrogen-bond acceptors (Lipinski definition) is 3. The van der Waals surface area contributed by atoms with Crippen LogP contribution in [0, 0.1) is 6.92 Å². The van der Waals surface area contributed by atoms with Crippen LogP contribution in [0.1, 0.15) is 48.0 Å². The van der Waals surface area contributed by atoms with Gasteiger partial charge in [0, 0.05) is 35.3 Å². The average Bonchev–Trinajstić information content (AvgIpc) is 3.16. The average molecular weight is 439 g/mol. The Hall–Kier alpha value is -3.86. The number of aryl methyl sites for hydroxylation is 1. The lowest BCUT2D eigenvalue weighted by Gasteiger charge is -2.43. The van der Waals surface area contributed by atoms with E-state index in [4.69, 9.17) is 4.42 Å². The van der Waals surface area contributed by atoms with Gasteiger partial charge in [0.2, 0.25) is 5.91 Å². The molecule has 5 nitrogen and oxygen atoms in total. The van der Waals surface area contributed by atoms with Crippen LogP contribution in [0.4, 0.5) is 11.4 Å². The second-order valence-corrected chi connectivity index (χ2v) is 8.61. The van der Waals surface area contributed by atoms with E-state index in [1.165, 1.54) is 0 Å². The molecule has 0 bridgehead atoms. The molecule has 5 heteroatoms. The number of fused-ring (bicyclic) bond motifs is 2. The van der Waals surface area contributed by atoms with Crippen LogP contribution < -0.4 is 9.80 Å². The quantitative estimate of drug-likeness (QED) is 0.379. The summed E-state index contributed by atoms with van der Waals surface area (Å²) in [6, 6.07) is 25.0. The molecule has 0 saturated carbocycles. The van der Waals surface area contributed by atoms with Gasteiger partial charge in [-0.15, -0.1) is 0 Å². The van der Waals surface area contributed by atoms with E-state index in [0.29, 0.717) is 17.8 Å². The van der Waals surface area contributed by atoms with Crippen molar-refractivity contribution in [1.82, 2.24) is 0 Å². The molecular formula is C28H26N2O3. The van der Waals surface area contributed by atoms with E-state index in [0.717, 1.165) is 27.9 Å². The Balaban J connectivity index is 1.60. The first-order chi connectivity index (χ1) is 16.0. The molecule has 33 heavy (non-hydrogen) atoms. The van der Waals surface area contributed by atoms with Gasteiger partial charge >= 0.3 is 0 Å². The number of nitrogens with zero attached hydrogens (tertiary/aromatic N) is 2. The fraction of sp³-hybridized carbons (Fsp3) is 0.214. The van der Waals surface area contributed by atoms with Gasteiger partial charge in [-0.3, -0.25) is 9.59 Å². The third-order valence-corrected chi connectivity index (χ3v) is 6.50. The Morgan fingerprint density at radius 2 is 1.61 bits per heavy atom. The molecule has 0 saturated heterocycles. The zero-order valence-electron chi connectivity index (χ0n) is 19.0. The van der Waals surface area contributed by atoms with Crippen molar-refractivity contribution in [2.75, 3.05) is 9.80 Å². The highest BCUT2D eigenvalue weighted by Crippen LogP contribution is 2.43. The molecule has 166 valence electrons. The normalized spacial score (nSPS) is 17.6. The number of hydrogen-bond donors (Lipinski definition) is 0. The zero-order chi connectivity index (χ0) is 23.1. The Morgan fingerprint density at radius 3 is 2.33 bits per heavy atom. The Labute approximate surface area is 193 Å². The van der Waals surface area contributed by atoms with E-state index >= 15 is 0 Å². The first-order valence-electron chi connectivity index (χ1n) is 11.2. The fourth-order valence-corrected chi connectivity index (χ4v) is 4.99. The van der Waals surface area contributed by atoms with Crippen LogP contribution in [0.25, 0.3) is 11.0 Å². The maximum absolute atomic E-state index is 13.8. The summed E-state index contributed by atoms with van der Waals surface area (Å²) in [6.07, 6.45) is 0.622. The summed E-state index contributed by atoms with van der Waals surface area (Å²) < 4.78 is 6.00. The minimum Gasteiger partial charge on any atom is -0.451 e. The van der Waals surface area contributed by atoms with E-state index in [9.17, 15) is 9.59 Å². The number of amides is 2. The van der Waals surface area contributed by atoms with E-state index in [1.807, 2.05) is 103 Å². The van der Waals surface area contributed by atoms with Crippen molar-refractivity contribution in [3.63, 3.8) is 0 Å². The molecule has 4 aromatic rings. The van der Waals surface area contributed by atoms with Gasteiger partial charge in [0.1, 0.15) is 5.58 Å². The number of para-hydroxylation sites is 3. The van der Waals surface area contributed by atoms with Crippen molar-refractivity contribution in [3.05, 3.63) is 95.7 Å². The summed E-state index contributed by atoms with van der Waals surface area (Å²) in [6.45, 7) is 5.55. The van der Waals surface area contributed by atoms with Gasteiger partial charge in [0.25, 0.3) is 5.91 Å². The second kappa shape index (κ2) is 8.24. The molecule has 0 unspecified atom stereocenters. The number of carbonyl (C=O) groups excluding carboxylic acids is 2. The van der Waals surface area contributed by atoms with E-state index in [1.54, 1.807) is 6.92 Å². The molecule has 2 amide bonds. The molecule has 2 atom stereocenters. The number of furan rings is 1. The molecule has 2 heterocycles. The van der Waals surface area contributed by atoms with Crippen LogP contribution >= 0.6 is 0 Å². The van der Waals surface area contributed by atoms with Crippen molar-refractivity contribution in [2.24, 2.45) is 0 Å². The first-order valence-corrected chi connectivity index (χ1v) is 11.2. The minimum atomic E-state index is -0.170. The molecule has 1 aliphatic rings. The Kier molecular flexibility index (Phi) is 5.25. The minimum absolute atomic E-state index is 0.0268. The van der Waals surface area contributed by atoms with Crippen molar-refractivity contribution in [2.45, 2.75) is 39.3 Å². The standard InChI is InChI=1S/C28H26N2O3/c1-18-17-25(30(20(3)31)21-11-5-4-6-12-21)23-14-7-9-15-24(23)29(18)28(32)27-19(2)22-13-8-10-16-26(22)33-27/h4-16,18,25H,17H2,1-3H3/t18-,25+/m0/s1. The third-order valence-electron chi connectivity index (χ3n) is 6.50. The lowest BCUT2D eigenvalue weighted by Crippen LogP contribution is -2.47. The van der Waals surface area contributed by atoms with Crippen LogP contribution in [0.5, 0.6) is 0 Å². The molecule has 1 aromatic heterocycles. The smallest absolute Gasteiger partial charge is 0.294 e. The monoisotopic (exact) mass is 438 g/mol. The predicted octanol–water partition coefficient (Wildman–Crippen LogP) is 6.27. The maximum Gasteiger partial charge on any atom is 0.294 e. The molecule has 0 fully saturated rings. The van der Waals surface area contributed by atoms with Gasteiger partial charge < -0.3 is 14.2 Å². The van der Waals surface area contributed by atoms with Gasteiger partial charge in [-0.1, -0.05) is 54.6 Å². The summed E-state index contributed by atoms with van der Waals surface area (Å²) in [5, 5.41) is 0.948. The molecule has 0 aliphatic carbocycles. The highest BCUT2D eigenvalue weighted by atomic mass is 16.3. The summed E-state index contributed by atoms with van der Waals surface area (Å²) in [4.78, 5) is 30.2. The van der Waals surface area contributed by atoms with Gasteiger partial charge in [-0.05, 0) is 50.1 Å². The molecule has 5 rings (SSSR count). The van der Waals surface area contributed by atoms with Gasteiger partial charge in [-0.25, -0.2) is 0 Å². The number of carbonyl (C=O) groups is 2. The second-order valence-electron chi connectivity index (χ2n) is 8.61. The van der Waals surface area contributed by atoms with Crippen molar-refractivity contribution >= 4 is 34.2 Å². The van der Waals surface area contributed by atoms with Crippen LogP contribution in [-0.4, -0.2) is 17.9 Å². The topological polar surface area (TPSA) is 53.8 Å². The van der Waals surface area contributed by atoms with Crippen LogP contribution in [0.15, 0.2) is 83.3 Å². The molecule has 3 aromatic carbocycles. The number of rotatable bonds is 3. The predicted molar refractivity (Wildman–Crippen MR) is 131 cm³/mol. The summed E-state index contributed by atoms with van der Waals surface area (Å²) >= 11 is 0. The van der Waals surface area contributed by atoms with Crippen LogP contribution in [0.3, 0.4) is 0 Å². The lowest BCUT2D eigenvalue weighted by molar-refractivity contribution is -0.117. The SMILES string of the molecule is CC(=O)N(c1ccccc1)[C@@H]1C[C@H](C)N(C(=O)c2oc3ccccc3c2C)c2ccccc21. The van der Waals surface area contributed by atoms with E-state index in [-0.39, 0.29) is 23.9 Å². The van der Waals surface area contributed by atoms with E-state index < -0.39 is 0 Å². The fourth-order valence-electron chi connectivity index (χ4n) is 4.99. The van der Waals surface area contributed by atoms with Crippen molar-refractivity contribution < 1.29 is 14.0 Å². The maximum atomic E-state index is 13.8. The number of anilines is 2. The zero-order valence-corrected chi connectivity index (χ0v) is 19.0. The van der Waals surface area contributed by atoms with Gasteiger partial charge in [0.05, 0.1) is 6.04 Å². The van der Waals surface area contributed by atoms with Gasteiger partial charge in [0.15, 0.2) is 5.76 Å². The molecular weight excluding hydrogens is 412 g/mol. The summed E-state index contributed by atoms with van der Waals surface area (Å²) in [7, 11) is 0. The van der Waals surface area contributed by atoms with Crippen LogP contribution in [-0.2, 0) is 4.79 Å². The van der Waals surface area contributed by atoms with Gasteiger partial charge in [-0.2, -0.15) is 0 Å². The lowest BCUT2D eigenvalue weighted by atomic mass is 9.89. The van der Waals surface area contributed by atoms with Crippen molar-refractivity contribution in [1.29, 1.82) is 0 Å².